The van der Waals surface area contributed by atoms with Crippen molar-refractivity contribution in [2.45, 2.75) is 84.7 Å². The summed E-state index contributed by atoms with van der Waals surface area (Å²) in [6.07, 6.45) is 0.979. The van der Waals surface area contributed by atoms with Gasteiger partial charge in [0.05, 0.1) is 30.8 Å². The van der Waals surface area contributed by atoms with E-state index >= 15 is 0 Å². The van der Waals surface area contributed by atoms with Crippen LogP contribution in [-0.2, 0) is 25.6 Å². The summed E-state index contributed by atoms with van der Waals surface area (Å²) >= 11 is 0. The average Bonchev–Trinajstić information content (AvgIpc) is 2.43. The smallest absolute Gasteiger partial charge is 0.309 e. The van der Waals surface area contributed by atoms with E-state index in [1.165, 1.54) is 0 Å². The summed E-state index contributed by atoms with van der Waals surface area (Å²) in [5.74, 6) is -0.239. The Balaban J connectivity index is 2.36. The molecule has 25 heavy (non-hydrogen) atoms. The molecule has 0 N–H and O–H groups in total. The number of ether oxygens (including phenoxy) is 3. The van der Waals surface area contributed by atoms with E-state index in [1.807, 2.05) is 52.8 Å². The van der Waals surface area contributed by atoms with Gasteiger partial charge >= 0.3 is 5.97 Å². The largest absolute Gasteiger partial charge is 0.460 e. The molecule has 0 amide bonds. The lowest BCUT2D eigenvalue weighted by Gasteiger charge is -2.30. The van der Waals surface area contributed by atoms with Crippen LogP contribution in [0.3, 0.4) is 0 Å². The molecule has 0 aromatic heterocycles. The van der Waals surface area contributed by atoms with Gasteiger partial charge in [0.25, 0.3) is 0 Å². The SMILES string of the molecule is CC(C)(C)OC(=O)CC(C)(C)OCCC(C)(C)OCc1ccccc1. The van der Waals surface area contributed by atoms with Crippen LogP contribution in [0.1, 0.15) is 66.9 Å². The molecule has 0 aliphatic carbocycles. The third kappa shape index (κ3) is 10.3. The molecule has 0 saturated carbocycles. The fourth-order valence-corrected chi connectivity index (χ4v) is 2.27. The van der Waals surface area contributed by atoms with Gasteiger partial charge in [-0.05, 0) is 60.5 Å². The first-order chi connectivity index (χ1) is 11.4. The quantitative estimate of drug-likeness (QED) is 0.594. The van der Waals surface area contributed by atoms with Gasteiger partial charge in [-0.25, -0.2) is 0 Å². The molecule has 1 aromatic rings. The highest BCUT2D eigenvalue weighted by Gasteiger charge is 2.28. The summed E-state index contributed by atoms with van der Waals surface area (Å²) in [6, 6.07) is 10.1. The molecule has 0 saturated heterocycles. The standard InChI is InChI=1S/C21H34O4/c1-19(2,3)25-18(22)15-21(6,7)23-14-13-20(4,5)24-16-17-11-9-8-10-12-17/h8-12H,13-16H2,1-7H3. The Morgan fingerprint density at radius 1 is 0.880 bits per heavy atom. The first-order valence-electron chi connectivity index (χ1n) is 8.92. The predicted octanol–water partition coefficient (Wildman–Crippen LogP) is 4.90. The van der Waals surface area contributed by atoms with Gasteiger partial charge in [0, 0.05) is 0 Å². The van der Waals surface area contributed by atoms with E-state index in [4.69, 9.17) is 14.2 Å². The van der Waals surface area contributed by atoms with E-state index in [0.29, 0.717) is 13.2 Å². The van der Waals surface area contributed by atoms with E-state index in [-0.39, 0.29) is 18.0 Å². The Hall–Kier alpha value is -1.39. The first kappa shape index (κ1) is 21.7. The van der Waals surface area contributed by atoms with Gasteiger partial charge in [-0.15, -0.1) is 0 Å². The first-order valence-corrected chi connectivity index (χ1v) is 8.92. The zero-order valence-electron chi connectivity index (χ0n) is 16.8. The van der Waals surface area contributed by atoms with Gasteiger partial charge in [0.2, 0.25) is 0 Å². The molecule has 4 heteroatoms. The number of hydrogen-bond acceptors (Lipinski definition) is 4. The maximum Gasteiger partial charge on any atom is 0.309 e. The van der Waals surface area contributed by atoms with Crippen LogP contribution in [0, 0.1) is 0 Å². The molecule has 1 aromatic carbocycles. The van der Waals surface area contributed by atoms with Gasteiger partial charge in [-0.3, -0.25) is 4.79 Å². The molecular formula is C21H34O4. The Bertz CT molecular complexity index is 527. The van der Waals surface area contributed by atoms with Crippen LogP contribution >= 0.6 is 0 Å². The minimum Gasteiger partial charge on any atom is -0.460 e. The van der Waals surface area contributed by atoms with Gasteiger partial charge < -0.3 is 14.2 Å². The summed E-state index contributed by atoms with van der Waals surface area (Å²) in [6.45, 7) is 14.6. The van der Waals surface area contributed by atoms with Crippen molar-refractivity contribution in [2.24, 2.45) is 0 Å². The van der Waals surface area contributed by atoms with Gasteiger partial charge in [0.1, 0.15) is 5.60 Å². The molecule has 142 valence electrons. The van der Waals surface area contributed by atoms with Crippen LogP contribution in [0.4, 0.5) is 0 Å². The summed E-state index contributed by atoms with van der Waals surface area (Å²) in [5, 5.41) is 0. The minimum absolute atomic E-state index is 0.232. The molecule has 0 heterocycles. The van der Waals surface area contributed by atoms with Crippen LogP contribution in [0.2, 0.25) is 0 Å². The normalized spacial score (nSPS) is 12.9. The lowest BCUT2D eigenvalue weighted by atomic mass is 10.0. The predicted molar refractivity (Wildman–Crippen MR) is 100 cm³/mol. The van der Waals surface area contributed by atoms with Crippen molar-refractivity contribution in [1.29, 1.82) is 0 Å². The van der Waals surface area contributed by atoms with Crippen molar-refractivity contribution in [1.82, 2.24) is 0 Å². The summed E-state index contributed by atoms with van der Waals surface area (Å²) in [5.41, 5.74) is -0.169. The van der Waals surface area contributed by atoms with Crippen molar-refractivity contribution >= 4 is 5.97 Å². The number of hydrogen-bond donors (Lipinski definition) is 0. The van der Waals surface area contributed by atoms with E-state index < -0.39 is 11.2 Å². The third-order valence-electron chi connectivity index (χ3n) is 3.66. The van der Waals surface area contributed by atoms with Gasteiger partial charge in [-0.2, -0.15) is 0 Å². The molecule has 0 fully saturated rings. The number of carbonyl (C=O) groups excluding carboxylic acids is 1. The number of carbonyl (C=O) groups is 1. The number of benzene rings is 1. The molecule has 4 nitrogen and oxygen atoms in total. The third-order valence-corrected chi connectivity index (χ3v) is 3.66. The van der Waals surface area contributed by atoms with Crippen LogP contribution < -0.4 is 0 Å². The molecule has 1 rings (SSSR count). The van der Waals surface area contributed by atoms with E-state index in [0.717, 1.165) is 12.0 Å². The number of esters is 1. The van der Waals surface area contributed by atoms with Crippen molar-refractivity contribution in [3.8, 4) is 0 Å². The lowest BCUT2D eigenvalue weighted by molar-refractivity contribution is -0.162. The summed E-state index contributed by atoms with van der Waals surface area (Å²) in [7, 11) is 0. The molecule has 0 radical (unpaired) electrons. The van der Waals surface area contributed by atoms with E-state index in [2.05, 4.69) is 26.0 Å². The Morgan fingerprint density at radius 2 is 1.48 bits per heavy atom. The maximum absolute atomic E-state index is 12.0. The maximum atomic E-state index is 12.0. The highest BCUT2D eigenvalue weighted by molar-refractivity contribution is 5.71. The van der Waals surface area contributed by atoms with Crippen molar-refractivity contribution in [3.05, 3.63) is 35.9 Å². The topological polar surface area (TPSA) is 44.8 Å². The van der Waals surface area contributed by atoms with Crippen molar-refractivity contribution in [3.63, 3.8) is 0 Å². The fraction of sp³-hybridized carbons (Fsp3) is 0.667. The zero-order chi connectivity index (χ0) is 19.1. The molecule has 0 atom stereocenters. The lowest BCUT2D eigenvalue weighted by Crippen LogP contribution is -2.34. The van der Waals surface area contributed by atoms with Gasteiger partial charge in [-0.1, -0.05) is 30.3 Å². The van der Waals surface area contributed by atoms with Crippen molar-refractivity contribution < 1.29 is 19.0 Å². The summed E-state index contributed by atoms with van der Waals surface area (Å²) < 4.78 is 17.3. The Labute approximate surface area is 152 Å². The second-order valence-electron chi connectivity index (χ2n) is 8.66. The molecule has 0 bridgehead atoms. The zero-order valence-corrected chi connectivity index (χ0v) is 16.8. The summed E-state index contributed by atoms with van der Waals surface area (Å²) in [4.78, 5) is 12.0. The molecule has 0 aliphatic heterocycles. The molecule has 0 spiro atoms. The average molecular weight is 350 g/mol. The second kappa shape index (κ2) is 8.81. The van der Waals surface area contributed by atoms with Crippen LogP contribution in [-0.4, -0.2) is 29.4 Å². The van der Waals surface area contributed by atoms with Crippen LogP contribution in [0.5, 0.6) is 0 Å². The fourth-order valence-electron chi connectivity index (χ4n) is 2.27. The monoisotopic (exact) mass is 350 g/mol. The van der Waals surface area contributed by atoms with Crippen LogP contribution in [0.15, 0.2) is 30.3 Å². The Kier molecular flexibility index (Phi) is 7.63. The second-order valence-corrected chi connectivity index (χ2v) is 8.66. The number of rotatable bonds is 9. The molecule has 0 aliphatic rings. The highest BCUT2D eigenvalue weighted by Crippen LogP contribution is 2.22. The van der Waals surface area contributed by atoms with Crippen molar-refractivity contribution in [2.75, 3.05) is 6.61 Å². The van der Waals surface area contributed by atoms with E-state index in [1.54, 1.807) is 0 Å². The van der Waals surface area contributed by atoms with Gasteiger partial charge in [0.15, 0.2) is 0 Å². The molecular weight excluding hydrogens is 316 g/mol. The van der Waals surface area contributed by atoms with E-state index in [9.17, 15) is 4.79 Å². The Morgan fingerprint density at radius 3 is 2.04 bits per heavy atom. The molecule has 0 unspecified atom stereocenters. The van der Waals surface area contributed by atoms with Crippen LogP contribution in [0.25, 0.3) is 0 Å². The highest BCUT2D eigenvalue weighted by atomic mass is 16.6. The minimum atomic E-state index is -0.558.